The van der Waals surface area contributed by atoms with Crippen molar-refractivity contribution < 1.29 is 9.59 Å². The second kappa shape index (κ2) is 8.03. The number of para-hydroxylation sites is 2. The van der Waals surface area contributed by atoms with Gasteiger partial charge in [0, 0.05) is 18.1 Å². The number of nitrogens with one attached hydrogen (secondary N) is 2. The smallest absolute Gasteiger partial charge is 0.321 e. The van der Waals surface area contributed by atoms with Crippen LogP contribution in [-0.2, 0) is 11.2 Å². The molecule has 1 aliphatic heterocycles. The normalized spacial score (nSPS) is 13.6. The van der Waals surface area contributed by atoms with Gasteiger partial charge >= 0.3 is 6.03 Å². The van der Waals surface area contributed by atoms with Crippen molar-refractivity contribution in [3.05, 3.63) is 59.1 Å². The number of amides is 3. The fourth-order valence-electron chi connectivity index (χ4n) is 2.80. The summed E-state index contributed by atoms with van der Waals surface area (Å²) < 4.78 is 0. The van der Waals surface area contributed by atoms with Crippen molar-refractivity contribution in [1.82, 2.24) is 4.90 Å². The predicted octanol–water partition coefficient (Wildman–Crippen LogP) is 4.15. The maximum absolute atomic E-state index is 12.3. The molecule has 6 heteroatoms. The van der Waals surface area contributed by atoms with Crippen LogP contribution >= 0.6 is 11.6 Å². The maximum Gasteiger partial charge on any atom is 0.321 e. The summed E-state index contributed by atoms with van der Waals surface area (Å²) in [6.45, 7) is 1.55. The lowest BCUT2D eigenvalue weighted by Crippen LogP contribution is -2.32. The largest absolute Gasteiger partial charge is 0.325 e. The molecule has 1 fully saturated rings. The first-order valence-corrected chi connectivity index (χ1v) is 8.69. The number of anilines is 2. The lowest BCUT2D eigenvalue weighted by molar-refractivity contribution is -0.115. The Kier molecular flexibility index (Phi) is 5.56. The molecule has 0 atom stereocenters. The molecule has 130 valence electrons. The molecule has 2 aromatic rings. The zero-order valence-electron chi connectivity index (χ0n) is 13.8. The summed E-state index contributed by atoms with van der Waals surface area (Å²) in [6, 6.07) is 14.2. The monoisotopic (exact) mass is 357 g/mol. The van der Waals surface area contributed by atoms with E-state index in [1.54, 1.807) is 29.2 Å². The molecule has 0 aromatic heterocycles. The number of hydrogen-bond donors (Lipinski definition) is 2. The molecule has 1 saturated heterocycles. The summed E-state index contributed by atoms with van der Waals surface area (Å²) in [7, 11) is 0. The Morgan fingerprint density at radius 2 is 1.52 bits per heavy atom. The number of hydrogen-bond acceptors (Lipinski definition) is 2. The van der Waals surface area contributed by atoms with Gasteiger partial charge in [-0.25, -0.2) is 4.79 Å². The first-order valence-electron chi connectivity index (χ1n) is 8.31. The molecule has 5 nitrogen and oxygen atoms in total. The molecule has 25 heavy (non-hydrogen) atoms. The van der Waals surface area contributed by atoms with Crippen molar-refractivity contribution in [1.29, 1.82) is 0 Å². The number of likely N-dealkylation sites (tertiary alicyclic amines) is 1. The lowest BCUT2D eigenvalue weighted by Gasteiger charge is -2.18. The summed E-state index contributed by atoms with van der Waals surface area (Å²) in [5, 5.41) is 6.39. The van der Waals surface area contributed by atoms with Gasteiger partial charge in [0.25, 0.3) is 0 Å². The van der Waals surface area contributed by atoms with Crippen LogP contribution in [-0.4, -0.2) is 29.9 Å². The summed E-state index contributed by atoms with van der Waals surface area (Å²) in [4.78, 5) is 26.3. The Balaban J connectivity index is 1.64. The average molecular weight is 358 g/mol. The molecule has 0 unspecified atom stereocenters. The van der Waals surface area contributed by atoms with Crippen LogP contribution < -0.4 is 10.6 Å². The lowest BCUT2D eigenvalue weighted by atomic mass is 10.1. The van der Waals surface area contributed by atoms with Crippen molar-refractivity contribution in [3.8, 4) is 0 Å². The van der Waals surface area contributed by atoms with Crippen LogP contribution in [0.2, 0.25) is 5.02 Å². The van der Waals surface area contributed by atoms with E-state index in [2.05, 4.69) is 10.6 Å². The summed E-state index contributed by atoms with van der Waals surface area (Å²) in [6.07, 6.45) is 2.31. The highest BCUT2D eigenvalue weighted by molar-refractivity contribution is 6.30. The highest BCUT2D eigenvalue weighted by atomic mass is 35.5. The van der Waals surface area contributed by atoms with Crippen molar-refractivity contribution in [2.24, 2.45) is 0 Å². The third-order valence-electron chi connectivity index (χ3n) is 4.11. The molecule has 0 bridgehead atoms. The van der Waals surface area contributed by atoms with Gasteiger partial charge in [0.2, 0.25) is 5.91 Å². The standard InChI is InChI=1S/C19H20ClN3O2/c20-15-9-7-14(8-10-15)13-18(24)21-16-5-1-2-6-17(16)22-19(25)23-11-3-4-12-23/h1-2,5-10H,3-4,11-13H2,(H,21,24)(H,22,25). The van der Waals surface area contributed by atoms with Crippen LogP contribution in [0.15, 0.2) is 48.5 Å². The van der Waals surface area contributed by atoms with E-state index in [0.29, 0.717) is 16.4 Å². The minimum absolute atomic E-state index is 0.128. The Bertz CT molecular complexity index is 756. The molecular formula is C19H20ClN3O2. The number of halogens is 1. The third-order valence-corrected chi connectivity index (χ3v) is 4.37. The van der Waals surface area contributed by atoms with Gasteiger partial charge < -0.3 is 15.5 Å². The molecule has 2 N–H and O–H groups in total. The molecule has 1 aliphatic rings. The molecule has 0 radical (unpaired) electrons. The highest BCUT2D eigenvalue weighted by Gasteiger charge is 2.19. The Labute approximate surface area is 152 Å². The molecule has 3 rings (SSSR count). The summed E-state index contributed by atoms with van der Waals surface area (Å²) >= 11 is 5.86. The van der Waals surface area contributed by atoms with Gasteiger partial charge in [-0.15, -0.1) is 0 Å². The van der Waals surface area contributed by atoms with E-state index in [4.69, 9.17) is 11.6 Å². The fraction of sp³-hybridized carbons (Fsp3) is 0.263. The number of carbonyl (C=O) groups is 2. The SMILES string of the molecule is O=C(Cc1ccc(Cl)cc1)Nc1ccccc1NC(=O)N1CCCC1. The van der Waals surface area contributed by atoms with E-state index in [1.807, 2.05) is 24.3 Å². The molecule has 0 spiro atoms. The number of nitrogens with zero attached hydrogens (tertiary/aromatic N) is 1. The van der Waals surface area contributed by atoms with Crippen LogP contribution in [0.25, 0.3) is 0 Å². The van der Waals surface area contributed by atoms with Crippen LogP contribution in [0.4, 0.5) is 16.2 Å². The average Bonchev–Trinajstić information content (AvgIpc) is 3.13. The van der Waals surface area contributed by atoms with Crippen LogP contribution in [0.5, 0.6) is 0 Å². The van der Waals surface area contributed by atoms with E-state index in [1.165, 1.54) is 0 Å². The zero-order chi connectivity index (χ0) is 17.6. The molecule has 0 aliphatic carbocycles. The quantitative estimate of drug-likeness (QED) is 0.863. The van der Waals surface area contributed by atoms with Gasteiger partial charge in [-0.3, -0.25) is 4.79 Å². The van der Waals surface area contributed by atoms with Crippen molar-refractivity contribution in [3.63, 3.8) is 0 Å². The minimum atomic E-state index is -0.148. The van der Waals surface area contributed by atoms with Gasteiger partial charge in [0.15, 0.2) is 0 Å². The van der Waals surface area contributed by atoms with E-state index < -0.39 is 0 Å². The Morgan fingerprint density at radius 3 is 2.16 bits per heavy atom. The molecule has 1 heterocycles. The summed E-state index contributed by atoms with van der Waals surface area (Å²) in [5.41, 5.74) is 2.07. The third kappa shape index (κ3) is 4.73. The Hall–Kier alpha value is -2.53. The zero-order valence-corrected chi connectivity index (χ0v) is 14.6. The van der Waals surface area contributed by atoms with E-state index >= 15 is 0 Å². The first kappa shape index (κ1) is 17.3. The van der Waals surface area contributed by atoms with Gasteiger partial charge in [-0.2, -0.15) is 0 Å². The minimum Gasteiger partial charge on any atom is -0.325 e. The van der Waals surface area contributed by atoms with Crippen LogP contribution in [0.1, 0.15) is 18.4 Å². The van der Waals surface area contributed by atoms with Crippen LogP contribution in [0, 0.1) is 0 Å². The number of rotatable bonds is 4. The Morgan fingerprint density at radius 1 is 0.920 bits per heavy atom. The fourth-order valence-corrected chi connectivity index (χ4v) is 2.92. The van der Waals surface area contributed by atoms with Crippen LogP contribution in [0.3, 0.4) is 0 Å². The molecule has 0 saturated carbocycles. The summed E-state index contributed by atoms with van der Waals surface area (Å²) in [5.74, 6) is -0.148. The van der Waals surface area contributed by atoms with E-state index in [-0.39, 0.29) is 18.4 Å². The first-order chi connectivity index (χ1) is 12.1. The molecule has 2 aromatic carbocycles. The van der Waals surface area contributed by atoms with Gasteiger partial charge in [0.1, 0.15) is 0 Å². The predicted molar refractivity (Wildman–Crippen MR) is 100 cm³/mol. The molecular weight excluding hydrogens is 338 g/mol. The van der Waals surface area contributed by atoms with Gasteiger partial charge in [-0.1, -0.05) is 35.9 Å². The number of benzene rings is 2. The van der Waals surface area contributed by atoms with E-state index in [0.717, 1.165) is 31.5 Å². The molecule has 3 amide bonds. The van der Waals surface area contributed by atoms with Gasteiger partial charge in [0.05, 0.1) is 17.8 Å². The second-order valence-electron chi connectivity index (χ2n) is 6.02. The van der Waals surface area contributed by atoms with Crippen molar-refractivity contribution in [2.45, 2.75) is 19.3 Å². The van der Waals surface area contributed by atoms with Crippen molar-refractivity contribution in [2.75, 3.05) is 23.7 Å². The van der Waals surface area contributed by atoms with E-state index in [9.17, 15) is 9.59 Å². The second-order valence-corrected chi connectivity index (χ2v) is 6.46. The maximum atomic E-state index is 12.3. The number of carbonyl (C=O) groups excluding carboxylic acids is 2. The van der Waals surface area contributed by atoms with Crippen molar-refractivity contribution >= 4 is 34.9 Å². The number of urea groups is 1. The topological polar surface area (TPSA) is 61.4 Å². The highest BCUT2D eigenvalue weighted by Crippen LogP contribution is 2.22. The van der Waals surface area contributed by atoms with Gasteiger partial charge in [-0.05, 0) is 42.7 Å².